The molecule has 21 heavy (non-hydrogen) atoms. The van der Waals surface area contributed by atoms with Gasteiger partial charge in [0, 0.05) is 31.9 Å². The normalized spacial score (nSPS) is 17.0. The van der Waals surface area contributed by atoms with E-state index in [0.717, 1.165) is 31.2 Å². The van der Waals surface area contributed by atoms with Crippen molar-refractivity contribution in [3.05, 3.63) is 23.9 Å². The van der Waals surface area contributed by atoms with E-state index in [1.807, 2.05) is 6.07 Å². The molecule has 2 rings (SSSR count). The van der Waals surface area contributed by atoms with E-state index in [1.54, 1.807) is 19.3 Å². The highest BCUT2D eigenvalue weighted by Gasteiger charge is 2.30. The summed E-state index contributed by atoms with van der Waals surface area (Å²) in [4.78, 5) is 4.15. The number of rotatable bonds is 6. The molecule has 1 N–H and O–H groups in total. The fourth-order valence-corrected chi connectivity index (χ4v) is 3.93. The summed E-state index contributed by atoms with van der Waals surface area (Å²) in [6.45, 7) is 4.84. The monoisotopic (exact) mass is 311 g/mol. The van der Waals surface area contributed by atoms with Gasteiger partial charge in [-0.25, -0.2) is 13.4 Å². The molecule has 1 aromatic rings. The number of pyridine rings is 1. The average molecular weight is 311 g/mol. The van der Waals surface area contributed by atoms with Gasteiger partial charge in [0.15, 0.2) is 5.03 Å². The number of aromatic nitrogens is 1. The van der Waals surface area contributed by atoms with Crippen molar-refractivity contribution >= 4 is 10.0 Å². The summed E-state index contributed by atoms with van der Waals surface area (Å²) in [6.07, 6.45) is 5.76. The summed E-state index contributed by atoms with van der Waals surface area (Å²) >= 11 is 0. The molecule has 0 radical (unpaired) electrons. The summed E-state index contributed by atoms with van der Waals surface area (Å²) < 4.78 is 26.6. The Morgan fingerprint density at radius 2 is 2.00 bits per heavy atom. The molecular weight excluding hydrogens is 286 g/mol. The molecule has 1 heterocycles. The van der Waals surface area contributed by atoms with E-state index >= 15 is 0 Å². The molecule has 0 saturated heterocycles. The van der Waals surface area contributed by atoms with E-state index in [-0.39, 0.29) is 11.1 Å². The predicted molar refractivity (Wildman–Crippen MR) is 83.4 cm³/mol. The Hall–Kier alpha value is -0.980. The molecule has 5 nitrogen and oxygen atoms in total. The second-order valence-corrected chi connectivity index (χ2v) is 7.94. The van der Waals surface area contributed by atoms with Gasteiger partial charge in [-0.3, -0.25) is 0 Å². The number of sulfonamides is 1. The number of nitrogens with zero attached hydrogens (tertiary/aromatic N) is 2. The molecule has 1 aromatic heterocycles. The highest BCUT2D eigenvalue weighted by molar-refractivity contribution is 7.89. The van der Waals surface area contributed by atoms with Crippen molar-refractivity contribution in [2.24, 2.45) is 0 Å². The zero-order chi connectivity index (χ0) is 15.5. The molecule has 0 unspecified atom stereocenters. The van der Waals surface area contributed by atoms with Crippen molar-refractivity contribution in [2.45, 2.75) is 63.2 Å². The summed E-state index contributed by atoms with van der Waals surface area (Å²) in [5.74, 6) is 0. The Morgan fingerprint density at radius 3 is 2.52 bits per heavy atom. The topological polar surface area (TPSA) is 62.3 Å². The SMILES string of the molecule is CC(C)NCc1ccc(S(=O)(=O)N(C)C2CCCC2)nc1. The fourth-order valence-electron chi connectivity index (χ4n) is 2.60. The van der Waals surface area contributed by atoms with Gasteiger partial charge in [0.2, 0.25) is 0 Å². The highest BCUT2D eigenvalue weighted by atomic mass is 32.2. The van der Waals surface area contributed by atoms with Gasteiger partial charge in [-0.15, -0.1) is 0 Å². The molecule has 0 aromatic carbocycles. The second-order valence-electron chi connectivity index (χ2n) is 6.00. The number of hydrogen-bond acceptors (Lipinski definition) is 4. The van der Waals surface area contributed by atoms with Gasteiger partial charge in [-0.2, -0.15) is 4.31 Å². The summed E-state index contributed by atoms with van der Waals surface area (Å²) in [5.41, 5.74) is 0.992. The number of hydrogen-bond donors (Lipinski definition) is 1. The first kappa shape index (κ1) is 16.4. The summed E-state index contributed by atoms with van der Waals surface area (Å²) in [5, 5.41) is 3.43. The molecule has 0 spiro atoms. The molecule has 0 aliphatic heterocycles. The zero-order valence-corrected chi connectivity index (χ0v) is 13.9. The van der Waals surface area contributed by atoms with E-state index in [4.69, 9.17) is 0 Å². The van der Waals surface area contributed by atoms with Gasteiger partial charge < -0.3 is 5.32 Å². The lowest BCUT2D eigenvalue weighted by atomic mass is 10.2. The maximum atomic E-state index is 12.5. The van der Waals surface area contributed by atoms with Gasteiger partial charge >= 0.3 is 0 Å². The van der Waals surface area contributed by atoms with Crippen LogP contribution in [0.15, 0.2) is 23.4 Å². The average Bonchev–Trinajstić information content (AvgIpc) is 2.98. The maximum Gasteiger partial charge on any atom is 0.260 e. The van der Waals surface area contributed by atoms with Crippen molar-refractivity contribution in [1.82, 2.24) is 14.6 Å². The van der Waals surface area contributed by atoms with Gasteiger partial charge in [0.25, 0.3) is 10.0 Å². The van der Waals surface area contributed by atoms with Crippen molar-refractivity contribution in [2.75, 3.05) is 7.05 Å². The Kier molecular flexibility index (Phi) is 5.35. The molecule has 6 heteroatoms. The molecule has 1 aliphatic carbocycles. The van der Waals surface area contributed by atoms with Crippen LogP contribution in [0.1, 0.15) is 45.1 Å². The van der Waals surface area contributed by atoms with Gasteiger partial charge in [0.1, 0.15) is 0 Å². The Labute approximate surface area is 127 Å². The first-order chi connectivity index (χ1) is 9.91. The fraction of sp³-hybridized carbons (Fsp3) is 0.667. The molecule has 1 fully saturated rings. The van der Waals surface area contributed by atoms with Crippen molar-refractivity contribution in [3.63, 3.8) is 0 Å². The van der Waals surface area contributed by atoms with Crippen LogP contribution in [-0.2, 0) is 16.6 Å². The van der Waals surface area contributed by atoms with Crippen molar-refractivity contribution in [1.29, 1.82) is 0 Å². The van der Waals surface area contributed by atoms with E-state index in [2.05, 4.69) is 24.1 Å². The van der Waals surface area contributed by atoms with Gasteiger partial charge in [-0.05, 0) is 24.5 Å². The third-order valence-electron chi connectivity index (χ3n) is 3.99. The zero-order valence-electron chi connectivity index (χ0n) is 13.0. The minimum absolute atomic E-state index is 0.124. The van der Waals surface area contributed by atoms with Crippen LogP contribution in [0, 0.1) is 0 Å². The summed E-state index contributed by atoms with van der Waals surface area (Å²) in [6, 6.07) is 3.96. The van der Waals surface area contributed by atoms with E-state index in [9.17, 15) is 8.42 Å². The molecule has 1 aliphatic rings. The molecular formula is C15H25N3O2S. The van der Waals surface area contributed by atoms with Crippen LogP contribution in [-0.4, -0.2) is 36.8 Å². The smallest absolute Gasteiger partial charge is 0.260 e. The van der Waals surface area contributed by atoms with Crippen LogP contribution in [0.5, 0.6) is 0 Å². The third-order valence-corrected chi connectivity index (χ3v) is 5.82. The van der Waals surface area contributed by atoms with Crippen LogP contribution in [0.4, 0.5) is 0 Å². The van der Waals surface area contributed by atoms with E-state index in [0.29, 0.717) is 12.6 Å². The first-order valence-corrected chi connectivity index (χ1v) is 9.01. The van der Waals surface area contributed by atoms with Crippen LogP contribution in [0.3, 0.4) is 0 Å². The molecule has 0 atom stereocenters. The maximum absolute atomic E-state index is 12.5. The second kappa shape index (κ2) is 6.85. The van der Waals surface area contributed by atoms with Crippen LogP contribution < -0.4 is 5.32 Å². The van der Waals surface area contributed by atoms with Crippen LogP contribution in [0.2, 0.25) is 0 Å². The third kappa shape index (κ3) is 4.02. The summed E-state index contributed by atoms with van der Waals surface area (Å²) in [7, 11) is -1.80. The van der Waals surface area contributed by atoms with E-state index in [1.165, 1.54) is 4.31 Å². The van der Waals surface area contributed by atoms with Crippen molar-refractivity contribution < 1.29 is 8.42 Å². The molecule has 1 saturated carbocycles. The first-order valence-electron chi connectivity index (χ1n) is 7.57. The lowest BCUT2D eigenvalue weighted by molar-refractivity contribution is 0.371. The van der Waals surface area contributed by atoms with E-state index < -0.39 is 10.0 Å². The largest absolute Gasteiger partial charge is 0.310 e. The Morgan fingerprint density at radius 1 is 1.33 bits per heavy atom. The van der Waals surface area contributed by atoms with Crippen LogP contribution >= 0.6 is 0 Å². The quantitative estimate of drug-likeness (QED) is 0.874. The van der Waals surface area contributed by atoms with Gasteiger partial charge in [0.05, 0.1) is 0 Å². The lowest BCUT2D eigenvalue weighted by Gasteiger charge is -2.23. The number of nitrogens with one attached hydrogen (secondary N) is 1. The Bertz CT molecular complexity index is 549. The minimum atomic E-state index is -3.47. The molecule has 0 amide bonds. The molecule has 0 bridgehead atoms. The standard InChI is InChI=1S/C15H25N3O2S/c1-12(2)16-10-13-8-9-15(17-11-13)21(19,20)18(3)14-6-4-5-7-14/h8-9,11-12,14,16H,4-7,10H2,1-3H3. The van der Waals surface area contributed by atoms with Crippen molar-refractivity contribution in [3.8, 4) is 0 Å². The Balaban J connectivity index is 2.09. The lowest BCUT2D eigenvalue weighted by Crippen LogP contribution is -2.35. The van der Waals surface area contributed by atoms with Gasteiger partial charge in [-0.1, -0.05) is 32.8 Å². The highest BCUT2D eigenvalue weighted by Crippen LogP contribution is 2.26. The van der Waals surface area contributed by atoms with Crippen LogP contribution in [0.25, 0.3) is 0 Å². The molecule has 118 valence electrons. The minimum Gasteiger partial charge on any atom is -0.310 e. The predicted octanol–water partition coefficient (Wildman–Crippen LogP) is 2.14.